The van der Waals surface area contributed by atoms with Gasteiger partial charge in [-0.05, 0) is 54.9 Å². The molecule has 1 saturated heterocycles. The minimum absolute atomic E-state index is 0.0181. The van der Waals surface area contributed by atoms with E-state index in [2.05, 4.69) is 32.0 Å². The van der Waals surface area contributed by atoms with E-state index < -0.39 is 0 Å². The Morgan fingerprint density at radius 1 is 1.21 bits per heavy atom. The number of benzene rings is 1. The third-order valence-electron chi connectivity index (χ3n) is 4.95. The highest BCUT2D eigenvalue weighted by Gasteiger charge is 2.40. The van der Waals surface area contributed by atoms with Crippen LogP contribution in [-0.2, 0) is 4.79 Å². The van der Waals surface area contributed by atoms with E-state index in [1.165, 1.54) is 4.88 Å². The highest BCUT2D eigenvalue weighted by molar-refractivity contribution is 7.80. The zero-order valence-corrected chi connectivity index (χ0v) is 17.7. The van der Waals surface area contributed by atoms with Crippen LogP contribution >= 0.6 is 23.6 Å². The van der Waals surface area contributed by atoms with E-state index >= 15 is 0 Å². The van der Waals surface area contributed by atoms with Gasteiger partial charge in [-0.1, -0.05) is 29.8 Å². The van der Waals surface area contributed by atoms with Crippen molar-refractivity contribution in [2.24, 2.45) is 0 Å². The predicted molar refractivity (Wildman–Crippen MR) is 121 cm³/mol. The average molecular weight is 423 g/mol. The molecule has 2 atom stereocenters. The van der Waals surface area contributed by atoms with E-state index in [0.29, 0.717) is 18.1 Å². The maximum atomic E-state index is 12.5. The number of nitrogens with zero attached hydrogens (tertiary/aromatic N) is 2. The summed E-state index contributed by atoms with van der Waals surface area (Å²) in [4.78, 5) is 20.3. The lowest BCUT2D eigenvalue weighted by Crippen LogP contribution is -2.32. The van der Waals surface area contributed by atoms with Gasteiger partial charge in [0.1, 0.15) is 0 Å². The number of rotatable bonds is 6. The molecule has 0 bridgehead atoms. The van der Waals surface area contributed by atoms with Gasteiger partial charge >= 0.3 is 0 Å². The van der Waals surface area contributed by atoms with E-state index in [-0.39, 0.29) is 18.0 Å². The van der Waals surface area contributed by atoms with Crippen LogP contribution in [0.4, 0.5) is 5.69 Å². The summed E-state index contributed by atoms with van der Waals surface area (Å²) in [5.74, 6) is -0.0251. The highest BCUT2D eigenvalue weighted by atomic mass is 32.1. The summed E-state index contributed by atoms with van der Waals surface area (Å²) in [5, 5.41) is 9.09. The van der Waals surface area contributed by atoms with E-state index in [1.807, 2.05) is 55.5 Å². The number of thiocarbonyl (C=S) groups is 1. The van der Waals surface area contributed by atoms with Crippen molar-refractivity contribution in [3.8, 4) is 0 Å². The molecule has 3 heterocycles. The van der Waals surface area contributed by atoms with Gasteiger partial charge in [-0.15, -0.1) is 11.3 Å². The maximum absolute atomic E-state index is 12.5. The maximum Gasteiger partial charge on any atom is 0.226 e. The summed E-state index contributed by atoms with van der Waals surface area (Å²) >= 11 is 7.32. The molecule has 29 heavy (non-hydrogen) atoms. The Hall–Kier alpha value is -2.77. The number of carbonyl (C=O) groups is 1. The smallest absolute Gasteiger partial charge is 0.226 e. The van der Waals surface area contributed by atoms with Crippen LogP contribution in [0.25, 0.3) is 0 Å². The molecule has 0 aliphatic carbocycles. The zero-order valence-electron chi connectivity index (χ0n) is 16.0. The number of pyridine rings is 1. The van der Waals surface area contributed by atoms with Crippen LogP contribution in [0.5, 0.6) is 0 Å². The fourth-order valence-electron chi connectivity index (χ4n) is 3.50. The first-order valence-electron chi connectivity index (χ1n) is 9.50. The Balaban J connectivity index is 1.48. The summed E-state index contributed by atoms with van der Waals surface area (Å²) < 4.78 is 0. The summed E-state index contributed by atoms with van der Waals surface area (Å²) in [6.07, 6.45) is 2.15. The molecule has 5 nitrogen and oxygen atoms in total. The molecule has 0 saturated carbocycles. The third kappa shape index (κ3) is 4.46. The second-order valence-electron chi connectivity index (χ2n) is 7.00. The monoisotopic (exact) mass is 422 g/mol. The second-order valence-corrected chi connectivity index (χ2v) is 8.37. The van der Waals surface area contributed by atoms with E-state index in [0.717, 1.165) is 16.9 Å². The van der Waals surface area contributed by atoms with Crippen molar-refractivity contribution in [2.45, 2.75) is 25.4 Å². The zero-order chi connectivity index (χ0) is 20.2. The number of aromatic nitrogens is 1. The molecule has 2 N–H and O–H groups in total. The van der Waals surface area contributed by atoms with Crippen LogP contribution in [0.15, 0.2) is 66.2 Å². The third-order valence-corrected chi connectivity index (χ3v) is 6.24. The fraction of sp³-hybridized carbons (Fsp3) is 0.227. The Labute approximate surface area is 179 Å². The molecule has 7 heteroatoms. The van der Waals surface area contributed by atoms with Crippen LogP contribution in [-0.4, -0.2) is 27.4 Å². The standard InChI is InChI=1S/C22H22N4OS2/c1-15-7-9-16(10-8-15)24-19(27)11-13-26-21(18-6-4-14-29-18)20(25-22(26)28)17-5-2-3-12-23-17/h2-10,12,14,20-21H,11,13H2,1H3,(H,24,27)(H,25,28)/t20-,21-/m1/s1. The molecule has 3 aromatic rings. The van der Waals surface area contributed by atoms with Crippen molar-refractivity contribution in [3.05, 3.63) is 82.3 Å². The largest absolute Gasteiger partial charge is 0.352 e. The van der Waals surface area contributed by atoms with E-state index in [1.54, 1.807) is 17.5 Å². The first kappa shape index (κ1) is 19.5. The van der Waals surface area contributed by atoms with Gasteiger partial charge < -0.3 is 15.5 Å². The number of carbonyl (C=O) groups excluding carboxylic acids is 1. The van der Waals surface area contributed by atoms with Crippen LogP contribution in [0.1, 0.15) is 34.6 Å². The molecule has 0 unspecified atom stereocenters. The lowest BCUT2D eigenvalue weighted by molar-refractivity contribution is -0.116. The quantitative estimate of drug-likeness (QED) is 0.575. The summed E-state index contributed by atoms with van der Waals surface area (Å²) in [7, 11) is 0. The molecule has 0 radical (unpaired) electrons. The van der Waals surface area contributed by atoms with E-state index in [9.17, 15) is 4.79 Å². The number of hydrogen-bond acceptors (Lipinski definition) is 4. The van der Waals surface area contributed by atoms with Gasteiger partial charge in [-0.2, -0.15) is 0 Å². The Morgan fingerprint density at radius 3 is 2.72 bits per heavy atom. The van der Waals surface area contributed by atoms with Gasteiger partial charge in [0.15, 0.2) is 5.11 Å². The Kier molecular flexibility index (Phi) is 5.87. The molecule has 0 spiro atoms. The lowest BCUT2D eigenvalue weighted by atomic mass is 10.0. The molecule has 2 aromatic heterocycles. The topological polar surface area (TPSA) is 57.3 Å². The number of anilines is 1. The van der Waals surface area contributed by atoms with Crippen LogP contribution in [0, 0.1) is 6.92 Å². The van der Waals surface area contributed by atoms with Gasteiger partial charge in [-0.25, -0.2) is 0 Å². The van der Waals surface area contributed by atoms with Crippen molar-refractivity contribution in [1.82, 2.24) is 15.2 Å². The minimum atomic E-state index is -0.0393. The highest BCUT2D eigenvalue weighted by Crippen LogP contribution is 2.40. The molecule has 1 aliphatic rings. The average Bonchev–Trinajstić information content (AvgIpc) is 3.36. The predicted octanol–water partition coefficient (Wildman–Crippen LogP) is 4.45. The number of aryl methyl sites for hydroxylation is 1. The molecular weight excluding hydrogens is 400 g/mol. The van der Waals surface area contributed by atoms with Gasteiger partial charge in [0.05, 0.1) is 17.8 Å². The van der Waals surface area contributed by atoms with Crippen molar-refractivity contribution >= 4 is 40.3 Å². The number of hydrogen-bond donors (Lipinski definition) is 2. The van der Waals surface area contributed by atoms with Crippen molar-refractivity contribution < 1.29 is 4.79 Å². The second kappa shape index (κ2) is 8.71. The molecule has 4 rings (SSSR count). The number of thiophene rings is 1. The normalized spacial score (nSPS) is 18.5. The summed E-state index contributed by atoms with van der Waals surface area (Å²) in [5.41, 5.74) is 2.92. The van der Waals surface area contributed by atoms with Crippen LogP contribution < -0.4 is 10.6 Å². The van der Waals surface area contributed by atoms with Gasteiger partial charge in [0, 0.05) is 29.7 Å². The first-order chi connectivity index (χ1) is 14.1. The first-order valence-corrected chi connectivity index (χ1v) is 10.8. The van der Waals surface area contributed by atoms with Gasteiger partial charge in [-0.3, -0.25) is 9.78 Å². The Bertz CT molecular complexity index is 974. The molecule has 148 valence electrons. The van der Waals surface area contributed by atoms with Crippen molar-refractivity contribution in [2.75, 3.05) is 11.9 Å². The van der Waals surface area contributed by atoms with Crippen molar-refractivity contribution in [3.63, 3.8) is 0 Å². The van der Waals surface area contributed by atoms with E-state index in [4.69, 9.17) is 12.2 Å². The summed E-state index contributed by atoms with van der Waals surface area (Å²) in [6.45, 7) is 2.56. The summed E-state index contributed by atoms with van der Waals surface area (Å²) in [6, 6.07) is 17.8. The minimum Gasteiger partial charge on any atom is -0.352 e. The molecule has 1 fully saturated rings. The molecule has 1 amide bonds. The Morgan fingerprint density at radius 2 is 2.03 bits per heavy atom. The molecular formula is C22H22N4OS2. The van der Waals surface area contributed by atoms with Gasteiger partial charge in [0.2, 0.25) is 5.91 Å². The SMILES string of the molecule is Cc1ccc(NC(=O)CCN2C(=S)N[C@H](c3ccccn3)[C@H]2c2cccs2)cc1. The van der Waals surface area contributed by atoms with Gasteiger partial charge in [0.25, 0.3) is 0 Å². The van der Waals surface area contributed by atoms with Crippen molar-refractivity contribution in [1.29, 1.82) is 0 Å². The molecule has 1 aromatic carbocycles. The fourth-order valence-corrected chi connectivity index (χ4v) is 4.70. The lowest BCUT2D eigenvalue weighted by Gasteiger charge is -2.26. The van der Waals surface area contributed by atoms with Crippen LogP contribution in [0.2, 0.25) is 0 Å². The number of amides is 1. The molecule has 1 aliphatic heterocycles. The number of nitrogens with one attached hydrogen (secondary N) is 2. The van der Waals surface area contributed by atoms with Crippen LogP contribution in [0.3, 0.4) is 0 Å².